The van der Waals surface area contributed by atoms with Crippen LogP contribution in [-0.2, 0) is 0 Å². The van der Waals surface area contributed by atoms with Gasteiger partial charge in [-0.05, 0) is 24.3 Å². The summed E-state index contributed by atoms with van der Waals surface area (Å²) >= 11 is 1.80. The monoisotopic (exact) mass is 524 g/mol. The number of thioether (sulfide) groups is 1. The maximum absolute atomic E-state index is 5.81. The molecule has 0 fully saturated rings. The van der Waals surface area contributed by atoms with E-state index in [-0.39, 0.29) is 24.0 Å². The van der Waals surface area contributed by atoms with E-state index in [1.54, 1.807) is 18.9 Å². The number of benzene rings is 3. The Bertz CT molecular complexity index is 1240. The van der Waals surface area contributed by atoms with Crippen LogP contribution in [0.25, 0.3) is 22.7 Å². The van der Waals surface area contributed by atoms with Crippen molar-refractivity contribution in [2.75, 3.05) is 19.1 Å². The molecular formula is C25H21IN2OS. The van der Waals surface area contributed by atoms with Gasteiger partial charge in [0.15, 0.2) is 0 Å². The van der Waals surface area contributed by atoms with Crippen LogP contribution in [0.2, 0.25) is 0 Å². The minimum Gasteiger partial charge on any atom is -1.00 e. The Labute approximate surface area is 198 Å². The quantitative estimate of drug-likeness (QED) is 0.303. The number of aromatic nitrogens is 1. The molecule has 2 heterocycles. The van der Waals surface area contributed by atoms with Crippen LogP contribution >= 0.6 is 11.8 Å². The molecule has 1 aromatic heterocycles. The van der Waals surface area contributed by atoms with Crippen LogP contribution in [0.3, 0.4) is 0 Å². The van der Waals surface area contributed by atoms with Crippen molar-refractivity contribution < 1.29 is 33.3 Å². The summed E-state index contributed by atoms with van der Waals surface area (Å²) in [6.07, 6.45) is 2.25. The van der Waals surface area contributed by atoms with E-state index >= 15 is 0 Å². The zero-order chi connectivity index (χ0) is 19.8. The van der Waals surface area contributed by atoms with Crippen LogP contribution < -0.4 is 38.2 Å². The Hall–Kier alpha value is -2.51. The zero-order valence-corrected chi connectivity index (χ0v) is 19.7. The first-order chi connectivity index (χ1) is 14.3. The van der Waals surface area contributed by atoms with Crippen LogP contribution in [0.1, 0.15) is 5.56 Å². The fraction of sp³-hybridized carbons (Fsp3) is 0.0800. The van der Waals surface area contributed by atoms with Crippen LogP contribution in [-0.4, -0.2) is 14.2 Å². The molecule has 1 aliphatic heterocycles. The third-order valence-corrected chi connectivity index (χ3v) is 6.40. The van der Waals surface area contributed by atoms with E-state index in [2.05, 4.69) is 89.3 Å². The van der Waals surface area contributed by atoms with Gasteiger partial charge in [0.2, 0.25) is 11.2 Å². The molecule has 0 N–H and O–H groups in total. The molecule has 0 bridgehead atoms. The SMILES string of the molecule is COc1cc(/C=C2\Sc3ccccc3N2C)c2ccccc2[n+]1-c1ccccc1.[I-]. The highest BCUT2D eigenvalue weighted by molar-refractivity contribution is 8.03. The van der Waals surface area contributed by atoms with Crippen molar-refractivity contribution in [3.8, 4) is 11.6 Å². The van der Waals surface area contributed by atoms with Gasteiger partial charge in [-0.1, -0.05) is 54.2 Å². The van der Waals surface area contributed by atoms with Gasteiger partial charge in [-0.3, -0.25) is 0 Å². The van der Waals surface area contributed by atoms with Gasteiger partial charge in [0.25, 0.3) is 0 Å². The second kappa shape index (κ2) is 8.70. The average molecular weight is 524 g/mol. The molecular weight excluding hydrogens is 503 g/mol. The topological polar surface area (TPSA) is 16.4 Å². The number of fused-ring (bicyclic) bond motifs is 2. The zero-order valence-electron chi connectivity index (χ0n) is 16.7. The first-order valence-corrected chi connectivity index (χ1v) is 10.4. The summed E-state index contributed by atoms with van der Waals surface area (Å²) < 4.78 is 7.98. The Balaban J connectivity index is 0.00000218. The van der Waals surface area contributed by atoms with Gasteiger partial charge in [0.05, 0.1) is 29.3 Å². The largest absolute Gasteiger partial charge is 1.00 e. The lowest BCUT2D eigenvalue weighted by atomic mass is 10.1. The molecule has 3 aromatic carbocycles. The number of para-hydroxylation sites is 3. The number of methoxy groups -OCH3 is 1. The number of hydrogen-bond acceptors (Lipinski definition) is 3. The van der Waals surface area contributed by atoms with Crippen molar-refractivity contribution >= 4 is 34.4 Å². The van der Waals surface area contributed by atoms with Crippen molar-refractivity contribution in [1.82, 2.24) is 0 Å². The van der Waals surface area contributed by atoms with Gasteiger partial charge in [0, 0.05) is 35.7 Å². The first-order valence-electron chi connectivity index (χ1n) is 9.56. The molecule has 3 nitrogen and oxygen atoms in total. The number of halogens is 1. The third kappa shape index (κ3) is 3.56. The first kappa shape index (κ1) is 20.8. The van der Waals surface area contributed by atoms with E-state index in [1.165, 1.54) is 21.0 Å². The highest BCUT2D eigenvalue weighted by Gasteiger charge is 2.25. The smallest absolute Gasteiger partial charge is 0.374 e. The predicted octanol–water partition coefficient (Wildman–Crippen LogP) is 2.67. The summed E-state index contributed by atoms with van der Waals surface area (Å²) in [4.78, 5) is 3.53. The Morgan fingerprint density at radius 1 is 0.900 bits per heavy atom. The van der Waals surface area contributed by atoms with Crippen molar-refractivity contribution in [2.45, 2.75) is 4.90 Å². The predicted molar refractivity (Wildman–Crippen MR) is 121 cm³/mol. The molecule has 0 atom stereocenters. The molecule has 0 unspecified atom stereocenters. The van der Waals surface area contributed by atoms with Crippen molar-refractivity contribution in [1.29, 1.82) is 0 Å². The molecule has 4 aromatic rings. The molecule has 5 rings (SSSR count). The number of anilines is 1. The minimum atomic E-state index is 0. The molecule has 0 amide bonds. The van der Waals surface area contributed by atoms with Gasteiger partial charge in [0.1, 0.15) is 0 Å². The lowest BCUT2D eigenvalue weighted by Crippen LogP contribution is -3.00. The molecule has 0 saturated heterocycles. The Kier molecular flexibility index (Phi) is 6.01. The molecule has 5 heteroatoms. The third-order valence-electron chi connectivity index (χ3n) is 5.23. The summed E-state index contributed by atoms with van der Waals surface area (Å²) in [5, 5.41) is 2.39. The number of hydrogen-bond donors (Lipinski definition) is 0. The molecule has 0 spiro atoms. The van der Waals surface area contributed by atoms with Gasteiger partial charge in [-0.25, -0.2) is 0 Å². The molecule has 30 heavy (non-hydrogen) atoms. The van der Waals surface area contributed by atoms with Gasteiger partial charge in [-0.15, -0.1) is 4.57 Å². The molecule has 0 saturated carbocycles. The van der Waals surface area contributed by atoms with Crippen LogP contribution in [0.4, 0.5) is 5.69 Å². The fourth-order valence-corrected chi connectivity index (χ4v) is 4.90. The summed E-state index contributed by atoms with van der Waals surface area (Å²) in [5.41, 5.74) is 4.59. The summed E-state index contributed by atoms with van der Waals surface area (Å²) in [6, 6.07) is 29.4. The normalized spacial score (nSPS) is 13.9. The molecule has 0 aliphatic carbocycles. The second-order valence-electron chi connectivity index (χ2n) is 6.94. The van der Waals surface area contributed by atoms with E-state index < -0.39 is 0 Å². The van der Waals surface area contributed by atoms with E-state index in [1.807, 2.05) is 18.2 Å². The molecule has 0 radical (unpaired) electrons. The number of pyridine rings is 1. The maximum Gasteiger partial charge on any atom is 0.374 e. The van der Waals surface area contributed by atoms with Crippen molar-refractivity contribution in [2.24, 2.45) is 0 Å². The van der Waals surface area contributed by atoms with E-state index in [0.717, 1.165) is 22.6 Å². The lowest BCUT2D eigenvalue weighted by molar-refractivity contribution is -0.575. The fourth-order valence-electron chi connectivity index (χ4n) is 3.80. The molecule has 1 aliphatic rings. The highest BCUT2D eigenvalue weighted by atomic mass is 127. The summed E-state index contributed by atoms with van der Waals surface area (Å²) in [6.45, 7) is 0. The Morgan fingerprint density at radius 2 is 1.60 bits per heavy atom. The van der Waals surface area contributed by atoms with Crippen LogP contribution in [0, 0.1) is 0 Å². The summed E-state index contributed by atoms with van der Waals surface area (Å²) in [5.74, 6) is 0.810. The number of nitrogens with zero attached hydrogens (tertiary/aromatic N) is 2. The van der Waals surface area contributed by atoms with Gasteiger partial charge >= 0.3 is 5.88 Å². The minimum absolute atomic E-state index is 0. The maximum atomic E-state index is 5.81. The number of ether oxygens (including phenoxy) is 1. The van der Waals surface area contributed by atoms with Crippen molar-refractivity contribution in [3.05, 3.63) is 95.5 Å². The number of rotatable bonds is 3. The van der Waals surface area contributed by atoms with Crippen LogP contribution in [0.15, 0.2) is 94.9 Å². The lowest BCUT2D eigenvalue weighted by Gasteiger charge is -2.14. The second-order valence-corrected chi connectivity index (χ2v) is 8.00. The average Bonchev–Trinajstić information content (AvgIpc) is 3.09. The highest BCUT2D eigenvalue weighted by Crippen LogP contribution is 2.45. The summed E-state index contributed by atoms with van der Waals surface area (Å²) in [7, 11) is 3.85. The Morgan fingerprint density at radius 3 is 2.37 bits per heavy atom. The van der Waals surface area contributed by atoms with Crippen molar-refractivity contribution in [3.63, 3.8) is 0 Å². The standard InChI is InChI=1S/C25H21N2OS.HI/c1-26-22-14-8-9-15-23(22)29-25(26)17-18-16-24(28-2)27(19-10-4-3-5-11-19)21-13-7-6-12-20(18)21;/h3-17H,1-2H3;1H/q+1;/p-1. The van der Waals surface area contributed by atoms with E-state index in [9.17, 15) is 0 Å². The molecule has 150 valence electrons. The van der Waals surface area contributed by atoms with Gasteiger partial charge < -0.3 is 33.6 Å². The van der Waals surface area contributed by atoms with Crippen LogP contribution in [0.5, 0.6) is 5.88 Å². The van der Waals surface area contributed by atoms with Gasteiger partial charge in [-0.2, -0.15) is 0 Å². The van der Waals surface area contributed by atoms with E-state index in [0.29, 0.717) is 0 Å². The van der Waals surface area contributed by atoms with E-state index in [4.69, 9.17) is 4.74 Å².